The molecule has 0 aliphatic carbocycles. The highest BCUT2D eigenvalue weighted by Gasteiger charge is 2.22. The first-order chi connectivity index (χ1) is 10.0. The molecule has 1 unspecified atom stereocenters. The molecular formula is C16H22BrNO3. The van der Waals surface area contributed by atoms with Gasteiger partial charge in [0, 0.05) is 24.2 Å². The first-order valence-electron chi connectivity index (χ1n) is 7.35. The number of benzene rings is 1. The number of carboxylic acid groups (broad SMARTS) is 1. The predicted octanol–water partition coefficient (Wildman–Crippen LogP) is 2.59. The van der Waals surface area contributed by atoms with Gasteiger partial charge in [-0.2, -0.15) is 0 Å². The van der Waals surface area contributed by atoms with Crippen LogP contribution in [0.2, 0.25) is 0 Å². The number of nitrogens with zero attached hydrogens (tertiary/aromatic N) is 1. The first-order valence-corrected chi connectivity index (χ1v) is 8.14. The molecule has 2 rings (SSSR count). The molecule has 1 aliphatic heterocycles. The summed E-state index contributed by atoms with van der Waals surface area (Å²) >= 11 is 3.54. The highest BCUT2D eigenvalue weighted by molar-refractivity contribution is 9.10. The van der Waals surface area contributed by atoms with E-state index in [-0.39, 0.29) is 6.61 Å². The van der Waals surface area contributed by atoms with Crippen LogP contribution in [-0.4, -0.2) is 40.8 Å². The van der Waals surface area contributed by atoms with Gasteiger partial charge >= 0.3 is 5.97 Å². The van der Waals surface area contributed by atoms with Gasteiger partial charge in [0.25, 0.3) is 0 Å². The second-order valence-corrected chi connectivity index (χ2v) is 6.64. The third-order valence-electron chi connectivity index (χ3n) is 4.23. The van der Waals surface area contributed by atoms with Gasteiger partial charge in [0.1, 0.15) is 0 Å². The molecule has 2 N–H and O–H groups in total. The topological polar surface area (TPSA) is 60.8 Å². The number of hydrogen-bond donors (Lipinski definition) is 2. The van der Waals surface area contributed by atoms with Crippen molar-refractivity contribution in [1.29, 1.82) is 0 Å². The first kappa shape index (κ1) is 16.5. The third-order valence-corrected chi connectivity index (χ3v) is 4.69. The van der Waals surface area contributed by atoms with Crippen molar-refractivity contribution in [2.75, 3.05) is 19.7 Å². The van der Waals surface area contributed by atoms with Crippen LogP contribution in [-0.2, 0) is 17.8 Å². The van der Waals surface area contributed by atoms with Gasteiger partial charge in [-0.15, -0.1) is 0 Å². The van der Waals surface area contributed by atoms with E-state index in [9.17, 15) is 4.79 Å². The zero-order chi connectivity index (χ0) is 15.4. The molecule has 0 radical (unpaired) electrons. The Morgan fingerprint density at radius 3 is 2.86 bits per heavy atom. The molecule has 0 spiro atoms. The number of hydrogen-bond acceptors (Lipinski definition) is 3. The Morgan fingerprint density at radius 1 is 1.43 bits per heavy atom. The van der Waals surface area contributed by atoms with Gasteiger partial charge in [-0.3, -0.25) is 9.69 Å². The van der Waals surface area contributed by atoms with E-state index in [4.69, 9.17) is 10.2 Å². The summed E-state index contributed by atoms with van der Waals surface area (Å²) in [7, 11) is 0. The molecule has 0 amide bonds. The van der Waals surface area contributed by atoms with E-state index in [1.165, 1.54) is 16.7 Å². The van der Waals surface area contributed by atoms with Crippen LogP contribution in [0.4, 0.5) is 0 Å². The van der Waals surface area contributed by atoms with Crippen molar-refractivity contribution in [3.63, 3.8) is 0 Å². The summed E-state index contributed by atoms with van der Waals surface area (Å²) in [5.74, 6) is -1.25. The van der Waals surface area contributed by atoms with Crippen LogP contribution in [0.25, 0.3) is 0 Å². The summed E-state index contributed by atoms with van der Waals surface area (Å²) in [6, 6.07) is 4.32. The van der Waals surface area contributed by atoms with E-state index >= 15 is 0 Å². The maximum Gasteiger partial charge on any atom is 0.306 e. The molecule has 1 atom stereocenters. The number of carboxylic acids is 1. The molecular weight excluding hydrogens is 334 g/mol. The Hall–Kier alpha value is -0.910. The van der Waals surface area contributed by atoms with Crippen molar-refractivity contribution < 1.29 is 15.0 Å². The summed E-state index contributed by atoms with van der Waals surface area (Å²) in [5.41, 5.74) is 4.05. The zero-order valence-electron chi connectivity index (χ0n) is 12.3. The number of fused-ring (bicyclic) bond motifs is 1. The van der Waals surface area contributed by atoms with Gasteiger partial charge in [0.05, 0.1) is 5.92 Å². The summed E-state index contributed by atoms with van der Waals surface area (Å²) in [4.78, 5) is 13.4. The number of carbonyl (C=O) groups is 1. The monoisotopic (exact) mass is 355 g/mol. The summed E-state index contributed by atoms with van der Waals surface area (Å²) in [5, 5.41) is 18.1. The van der Waals surface area contributed by atoms with E-state index in [1.54, 1.807) is 0 Å². The maximum atomic E-state index is 11.1. The van der Waals surface area contributed by atoms with E-state index in [2.05, 4.69) is 39.9 Å². The minimum Gasteiger partial charge on any atom is -0.481 e. The lowest BCUT2D eigenvalue weighted by atomic mass is 9.94. The third kappa shape index (κ3) is 4.28. The van der Waals surface area contributed by atoms with E-state index in [1.807, 2.05) is 0 Å². The molecule has 1 aliphatic rings. The van der Waals surface area contributed by atoms with E-state index in [0.29, 0.717) is 12.8 Å². The van der Waals surface area contributed by atoms with Crippen LogP contribution in [0, 0.1) is 12.8 Å². The lowest BCUT2D eigenvalue weighted by Crippen LogP contribution is -2.33. The lowest BCUT2D eigenvalue weighted by molar-refractivity contribution is -0.142. The molecule has 0 saturated heterocycles. The van der Waals surface area contributed by atoms with Crippen molar-refractivity contribution >= 4 is 21.9 Å². The van der Waals surface area contributed by atoms with E-state index < -0.39 is 11.9 Å². The minimum absolute atomic E-state index is 0.0626. The molecule has 0 bridgehead atoms. The van der Waals surface area contributed by atoms with Gasteiger partial charge in [-0.1, -0.05) is 15.9 Å². The summed E-state index contributed by atoms with van der Waals surface area (Å²) in [6.07, 6.45) is 1.94. The number of aliphatic hydroxyl groups is 1. The second kappa shape index (κ2) is 7.38. The predicted molar refractivity (Wildman–Crippen MR) is 85.3 cm³/mol. The van der Waals surface area contributed by atoms with Crippen molar-refractivity contribution in [2.24, 2.45) is 5.92 Å². The summed E-state index contributed by atoms with van der Waals surface area (Å²) < 4.78 is 1.13. The van der Waals surface area contributed by atoms with Crippen LogP contribution in [0.15, 0.2) is 16.6 Å². The smallest absolute Gasteiger partial charge is 0.306 e. The molecule has 1 heterocycles. The largest absolute Gasteiger partial charge is 0.481 e. The normalized spacial score (nSPS) is 16.5. The molecule has 1 aromatic carbocycles. The van der Waals surface area contributed by atoms with Crippen molar-refractivity contribution in [3.05, 3.63) is 33.3 Å². The molecule has 116 valence electrons. The number of aliphatic carboxylic acids is 1. The number of aliphatic hydroxyl groups excluding tert-OH is 1. The molecule has 0 saturated carbocycles. The fraction of sp³-hybridized carbons (Fsp3) is 0.562. The van der Waals surface area contributed by atoms with Crippen LogP contribution in [0.3, 0.4) is 0 Å². The van der Waals surface area contributed by atoms with Crippen molar-refractivity contribution in [3.8, 4) is 0 Å². The van der Waals surface area contributed by atoms with Crippen molar-refractivity contribution in [2.45, 2.75) is 32.7 Å². The Balaban J connectivity index is 1.97. The number of rotatable bonds is 6. The quantitative estimate of drug-likeness (QED) is 0.823. The van der Waals surface area contributed by atoms with Gasteiger partial charge in [-0.05, 0) is 61.6 Å². The fourth-order valence-electron chi connectivity index (χ4n) is 2.95. The van der Waals surface area contributed by atoms with Crippen molar-refractivity contribution in [1.82, 2.24) is 4.90 Å². The number of halogens is 1. The van der Waals surface area contributed by atoms with Crippen LogP contribution in [0.1, 0.15) is 29.5 Å². The second-order valence-electron chi connectivity index (χ2n) is 5.72. The average Bonchev–Trinajstić information content (AvgIpc) is 2.43. The average molecular weight is 356 g/mol. The highest BCUT2D eigenvalue weighted by Crippen LogP contribution is 2.27. The molecule has 0 aromatic heterocycles. The van der Waals surface area contributed by atoms with Gasteiger partial charge < -0.3 is 10.2 Å². The maximum absolute atomic E-state index is 11.1. The Morgan fingerprint density at radius 2 is 2.19 bits per heavy atom. The van der Waals surface area contributed by atoms with Gasteiger partial charge in [-0.25, -0.2) is 0 Å². The molecule has 5 heteroatoms. The molecule has 1 aromatic rings. The Bertz CT molecular complexity index is 518. The number of aryl methyl sites for hydroxylation is 1. The van der Waals surface area contributed by atoms with Gasteiger partial charge in [0.2, 0.25) is 0 Å². The van der Waals surface area contributed by atoms with Crippen LogP contribution < -0.4 is 0 Å². The zero-order valence-corrected chi connectivity index (χ0v) is 13.9. The Kier molecular flexibility index (Phi) is 5.79. The van der Waals surface area contributed by atoms with Gasteiger partial charge in [0.15, 0.2) is 0 Å². The van der Waals surface area contributed by atoms with E-state index in [0.717, 1.165) is 30.5 Å². The fourth-order valence-corrected chi connectivity index (χ4v) is 3.57. The van der Waals surface area contributed by atoms with Crippen LogP contribution >= 0.6 is 15.9 Å². The lowest BCUT2D eigenvalue weighted by Gasteiger charge is -2.30. The molecule has 0 fully saturated rings. The molecule has 4 nitrogen and oxygen atoms in total. The summed E-state index contributed by atoms with van der Waals surface area (Å²) in [6.45, 7) is 4.69. The SMILES string of the molecule is Cc1cc(Br)cc2c1CN(CCC(CCO)C(=O)O)CC2. The Labute approximate surface area is 133 Å². The highest BCUT2D eigenvalue weighted by atomic mass is 79.9. The minimum atomic E-state index is -0.804. The van der Waals surface area contributed by atoms with Crippen LogP contribution in [0.5, 0.6) is 0 Å². The standard InChI is InChI=1S/C16H22BrNO3/c1-11-8-14(17)9-13-3-6-18(10-15(11)13)5-2-12(4-7-19)16(20)21/h8-9,12,19H,2-7,10H2,1H3,(H,20,21). The molecule has 21 heavy (non-hydrogen) atoms.